The second-order valence-corrected chi connectivity index (χ2v) is 7.60. The molecule has 0 aliphatic heterocycles. The van der Waals surface area contributed by atoms with E-state index in [1.165, 1.54) is 56.5 Å². The highest BCUT2D eigenvalue weighted by molar-refractivity contribution is 5.94. The van der Waals surface area contributed by atoms with Crippen molar-refractivity contribution in [2.24, 2.45) is 0 Å². The fourth-order valence-corrected chi connectivity index (χ4v) is 3.22. The van der Waals surface area contributed by atoms with E-state index < -0.39 is 17.7 Å². The monoisotopic (exact) mass is 495 g/mol. The first-order chi connectivity index (χ1) is 17.3. The predicted molar refractivity (Wildman–Crippen MR) is 130 cm³/mol. The summed E-state index contributed by atoms with van der Waals surface area (Å²) in [6.07, 6.45) is 0. The van der Waals surface area contributed by atoms with Crippen molar-refractivity contribution in [3.05, 3.63) is 83.2 Å². The fraction of sp³-hybridized carbons (Fsp3) is 0.222. The van der Waals surface area contributed by atoms with Gasteiger partial charge in [0.25, 0.3) is 5.91 Å². The van der Waals surface area contributed by atoms with Gasteiger partial charge < -0.3 is 24.3 Å². The van der Waals surface area contributed by atoms with E-state index in [2.05, 4.69) is 5.32 Å². The standard InChI is InChI=1S/C27H26FNO7/c1-4-34-23-11-5-18(17(2)30)13-20(23)15-36-27(32)19-6-12-24(25(14-19)33-3)35-16-26(31)29-22-9-7-21(28)8-10-22/h5-14H,4,15-16H2,1-3H3,(H,29,31). The van der Waals surface area contributed by atoms with Gasteiger partial charge in [-0.15, -0.1) is 0 Å². The first-order valence-electron chi connectivity index (χ1n) is 11.1. The molecule has 1 N–H and O–H groups in total. The Morgan fingerprint density at radius 2 is 1.56 bits per heavy atom. The molecule has 0 bridgehead atoms. The summed E-state index contributed by atoms with van der Waals surface area (Å²) < 4.78 is 34.8. The molecule has 8 nitrogen and oxygen atoms in total. The highest BCUT2D eigenvalue weighted by Crippen LogP contribution is 2.29. The number of Topliss-reactive ketones (excluding diaryl/α,β-unsaturated/α-hetero) is 1. The maximum Gasteiger partial charge on any atom is 0.338 e. The van der Waals surface area contributed by atoms with Crippen LogP contribution in [0.3, 0.4) is 0 Å². The molecule has 3 rings (SSSR count). The van der Waals surface area contributed by atoms with E-state index >= 15 is 0 Å². The highest BCUT2D eigenvalue weighted by Gasteiger charge is 2.16. The van der Waals surface area contributed by atoms with Gasteiger partial charge in [-0.1, -0.05) is 0 Å². The molecule has 9 heteroatoms. The first-order valence-corrected chi connectivity index (χ1v) is 11.1. The fourth-order valence-electron chi connectivity index (χ4n) is 3.22. The second kappa shape index (κ2) is 12.3. The summed E-state index contributed by atoms with van der Waals surface area (Å²) in [5, 5.41) is 2.59. The summed E-state index contributed by atoms with van der Waals surface area (Å²) in [5.41, 5.74) is 1.68. The zero-order valence-electron chi connectivity index (χ0n) is 20.1. The third kappa shape index (κ3) is 7.05. The van der Waals surface area contributed by atoms with Crippen LogP contribution in [0.2, 0.25) is 0 Å². The quantitative estimate of drug-likeness (QED) is 0.301. The Kier molecular flexibility index (Phi) is 8.99. The minimum atomic E-state index is -0.621. The maximum absolute atomic E-state index is 13.0. The summed E-state index contributed by atoms with van der Waals surface area (Å²) in [6.45, 7) is 3.27. The molecule has 0 aromatic heterocycles. The van der Waals surface area contributed by atoms with Crippen LogP contribution < -0.4 is 19.5 Å². The number of amides is 1. The third-order valence-corrected chi connectivity index (χ3v) is 5.01. The average Bonchev–Trinajstić information content (AvgIpc) is 2.88. The number of methoxy groups -OCH3 is 1. The zero-order chi connectivity index (χ0) is 26.1. The van der Waals surface area contributed by atoms with Crippen molar-refractivity contribution in [3.8, 4) is 17.2 Å². The Balaban J connectivity index is 1.63. The Labute approximate surface area is 207 Å². The van der Waals surface area contributed by atoms with E-state index in [4.69, 9.17) is 18.9 Å². The molecular weight excluding hydrogens is 469 g/mol. The van der Waals surface area contributed by atoms with E-state index in [9.17, 15) is 18.8 Å². The van der Waals surface area contributed by atoms with Gasteiger partial charge in [-0.3, -0.25) is 9.59 Å². The number of nitrogens with one attached hydrogen (secondary N) is 1. The van der Waals surface area contributed by atoms with Gasteiger partial charge in [0, 0.05) is 16.8 Å². The normalized spacial score (nSPS) is 10.3. The largest absolute Gasteiger partial charge is 0.493 e. The van der Waals surface area contributed by atoms with Gasteiger partial charge in [-0.25, -0.2) is 9.18 Å². The molecule has 0 heterocycles. The minimum Gasteiger partial charge on any atom is -0.493 e. The van der Waals surface area contributed by atoms with Gasteiger partial charge >= 0.3 is 5.97 Å². The van der Waals surface area contributed by atoms with E-state index in [-0.39, 0.29) is 36.1 Å². The molecule has 3 aromatic carbocycles. The summed E-state index contributed by atoms with van der Waals surface area (Å²) in [4.78, 5) is 36.5. The lowest BCUT2D eigenvalue weighted by molar-refractivity contribution is -0.118. The van der Waals surface area contributed by atoms with Crippen LogP contribution in [0.15, 0.2) is 60.7 Å². The van der Waals surface area contributed by atoms with E-state index in [1.807, 2.05) is 6.92 Å². The van der Waals surface area contributed by atoms with Crippen molar-refractivity contribution >= 4 is 23.3 Å². The lowest BCUT2D eigenvalue weighted by atomic mass is 10.1. The topological polar surface area (TPSA) is 100 Å². The molecule has 0 fully saturated rings. The van der Waals surface area contributed by atoms with Crippen molar-refractivity contribution in [1.29, 1.82) is 0 Å². The average molecular weight is 496 g/mol. The number of carbonyl (C=O) groups is 3. The number of carbonyl (C=O) groups excluding carboxylic acids is 3. The van der Waals surface area contributed by atoms with Crippen LogP contribution in [-0.2, 0) is 16.1 Å². The number of hydrogen-bond donors (Lipinski definition) is 1. The molecule has 0 aliphatic rings. The summed E-state index contributed by atoms with van der Waals surface area (Å²) >= 11 is 0. The lowest BCUT2D eigenvalue weighted by Crippen LogP contribution is -2.20. The van der Waals surface area contributed by atoms with Crippen molar-refractivity contribution < 1.29 is 37.7 Å². The molecule has 0 aliphatic carbocycles. The minimum absolute atomic E-state index is 0.0978. The molecule has 36 heavy (non-hydrogen) atoms. The van der Waals surface area contributed by atoms with Crippen LogP contribution in [0.4, 0.5) is 10.1 Å². The van der Waals surface area contributed by atoms with Crippen molar-refractivity contribution in [3.63, 3.8) is 0 Å². The highest BCUT2D eigenvalue weighted by atomic mass is 19.1. The van der Waals surface area contributed by atoms with Gasteiger partial charge in [-0.05, 0) is 74.5 Å². The molecule has 0 saturated heterocycles. The van der Waals surface area contributed by atoms with Crippen LogP contribution in [0.25, 0.3) is 0 Å². The van der Waals surface area contributed by atoms with Crippen LogP contribution in [0.1, 0.15) is 40.1 Å². The number of rotatable bonds is 11. The molecule has 188 valence electrons. The molecule has 0 radical (unpaired) electrons. The lowest BCUT2D eigenvalue weighted by Gasteiger charge is -2.14. The summed E-state index contributed by atoms with van der Waals surface area (Å²) in [5.74, 6) is -0.599. The molecule has 0 spiro atoms. The number of anilines is 1. The van der Waals surface area contributed by atoms with Crippen LogP contribution in [-0.4, -0.2) is 38.0 Å². The Morgan fingerprint density at radius 3 is 2.22 bits per heavy atom. The first kappa shape index (κ1) is 26.2. The Bertz CT molecular complexity index is 1240. The number of esters is 1. The summed E-state index contributed by atoms with van der Waals surface area (Å²) in [6, 6.07) is 14.7. The molecular formula is C27H26FNO7. The van der Waals surface area contributed by atoms with E-state index in [0.29, 0.717) is 29.2 Å². The van der Waals surface area contributed by atoms with Gasteiger partial charge in [0.15, 0.2) is 23.9 Å². The number of hydrogen-bond acceptors (Lipinski definition) is 7. The number of benzene rings is 3. The molecule has 0 unspecified atom stereocenters. The smallest absolute Gasteiger partial charge is 0.338 e. The van der Waals surface area contributed by atoms with Gasteiger partial charge in [-0.2, -0.15) is 0 Å². The third-order valence-electron chi connectivity index (χ3n) is 5.01. The molecule has 1 amide bonds. The molecule has 0 saturated carbocycles. The van der Waals surface area contributed by atoms with E-state index in [0.717, 1.165) is 0 Å². The van der Waals surface area contributed by atoms with Gasteiger partial charge in [0.1, 0.15) is 18.2 Å². The van der Waals surface area contributed by atoms with Crippen LogP contribution in [0, 0.1) is 5.82 Å². The van der Waals surface area contributed by atoms with Crippen LogP contribution in [0.5, 0.6) is 17.2 Å². The van der Waals surface area contributed by atoms with Crippen molar-refractivity contribution in [1.82, 2.24) is 0 Å². The number of halogens is 1. The van der Waals surface area contributed by atoms with E-state index in [1.54, 1.807) is 18.2 Å². The maximum atomic E-state index is 13.0. The number of ether oxygens (including phenoxy) is 4. The Morgan fingerprint density at radius 1 is 0.861 bits per heavy atom. The molecule has 3 aromatic rings. The van der Waals surface area contributed by atoms with Crippen LogP contribution >= 0.6 is 0 Å². The van der Waals surface area contributed by atoms with Gasteiger partial charge in [0.2, 0.25) is 0 Å². The van der Waals surface area contributed by atoms with Crippen molar-refractivity contribution in [2.45, 2.75) is 20.5 Å². The SMILES string of the molecule is CCOc1ccc(C(C)=O)cc1COC(=O)c1ccc(OCC(=O)Nc2ccc(F)cc2)c(OC)c1. The second-order valence-electron chi connectivity index (χ2n) is 7.60. The summed E-state index contributed by atoms with van der Waals surface area (Å²) in [7, 11) is 1.40. The predicted octanol–water partition coefficient (Wildman–Crippen LogP) is 4.81. The van der Waals surface area contributed by atoms with Gasteiger partial charge in [0.05, 0.1) is 19.3 Å². The number of ketones is 1. The van der Waals surface area contributed by atoms with Crippen molar-refractivity contribution in [2.75, 3.05) is 25.6 Å². The molecule has 0 atom stereocenters. The zero-order valence-corrected chi connectivity index (χ0v) is 20.1. The Hall–Kier alpha value is -4.40.